The minimum Gasteiger partial charge on any atom is -0.394 e. The van der Waals surface area contributed by atoms with Gasteiger partial charge in [0.05, 0.1) is 12.6 Å². The van der Waals surface area contributed by atoms with Crippen LogP contribution in [0.1, 0.15) is 38.3 Å². The van der Waals surface area contributed by atoms with Gasteiger partial charge in [0.15, 0.2) is 0 Å². The molecule has 0 bridgehead atoms. The van der Waals surface area contributed by atoms with E-state index < -0.39 is 0 Å². The van der Waals surface area contributed by atoms with Gasteiger partial charge >= 0.3 is 0 Å². The molecule has 0 radical (unpaired) electrons. The van der Waals surface area contributed by atoms with Crippen molar-refractivity contribution >= 4 is 5.91 Å². The van der Waals surface area contributed by atoms with Crippen molar-refractivity contribution in [2.75, 3.05) is 13.2 Å². The molecule has 0 saturated carbocycles. The van der Waals surface area contributed by atoms with Crippen LogP contribution in [0.4, 0.5) is 0 Å². The lowest BCUT2D eigenvalue weighted by Gasteiger charge is -2.17. The van der Waals surface area contributed by atoms with Crippen LogP contribution < -0.4 is 10.6 Å². The molecule has 0 saturated heterocycles. The minimum atomic E-state index is -0.313. The fraction of sp³-hybridized carbons (Fsp3) is 0.533. The SMILES string of the molecule is CC(C)NCCCC(=O)NC(CO)c1ccccc1. The zero-order chi connectivity index (χ0) is 14.1. The van der Waals surface area contributed by atoms with Crippen molar-refractivity contribution in [3.05, 3.63) is 35.9 Å². The molecular weight excluding hydrogens is 240 g/mol. The monoisotopic (exact) mass is 264 g/mol. The van der Waals surface area contributed by atoms with Crippen LogP contribution in [-0.4, -0.2) is 30.2 Å². The maximum absolute atomic E-state index is 11.8. The number of amides is 1. The number of carbonyl (C=O) groups excluding carboxylic acids is 1. The van der Waals surface area contributed by atoms with Gasteiger partial charge in [-0.15, -0.1) is 0 Å². The second-order valence-electron chi connectivity index (χ2n) is 4.93. The summed E-state index contributed by atoms with van der Waals surface area (Å²) in [6.07, 6.45) is 1.28. The highest BCUT2D eigenvalue weighted by Crippen LogP contribution is 2.11. The van der Waals surface area contributed by atoms with E-state index in [1.165, 1.54) is 0 Å². The van der Waals surface area contributed by atoms with Crippen molar-refractivity contribution in [2.24, 2.45) is 0 Å². The van der Waals surface area contributed by atoms with E-state index in [2.05, 4.69) is 24.5 Å². The third kappa shape index (κ3) is 6.36. The number of benzene rings is 1. The van der Waals surface area contributed by atoms with E-state index in [1.54, 1.807) is 0 Å². The zero-order valence-corrected chi connectivity index (χ0v) is 11.7. The normalized spacial score (nSPS) is 12.4. The molecule has 0 aromatic heterocycles. The summed E-state index contributed by atoms with van der Waals surface area (Å²) in [6.45, 7) is 4.91. The standard InChI is InChI=1S/C15H24N2O2/c1-12(2)16-10-6-9-15(19)17-14(11-18)13-7-4-3-5-8-13/h3-5,7-8,12,14,16,18H,6,9-11H2,1-2H3,(H,17,19). The van der Waals surface area contributed by atoms with E-state index in [1.807, 2.05) is 30.3 Å². The molecule has 4 nitrogen and oxygen atoms in total. The van der Waals surface area contributed by atoms with Gasteiger partial charge in [-0.3, -0.25) is 4.79 Å². The molecule has 0 aliphatic heterocycles. The maximum atomic E-state index is 11.8. The second-order valence-corrected chi connectivity index (χ2v) is 4.93. The first-order valence-corrected chi connectivity index (χ1v) is 6.82. The largest absolute Gasteiger partial charge is 0.394 e. The number of rotatable bonds is 8. The van der Waals surface area contributed by atoms with Crippen molar-refractivity contribution in [2.45, 2.75) is 38.8 Å². The molecule has 4 heteroatoms. The Kier molecular flexibility index (Phi) is 7.15. The number of hydrogen-bond acceptors (Lipinski definition) is 3. The van der Waals surface area contributed by atoms with Crippen molar-refractivity contribution < 1.29 is 9.90 Å². The Morgan fingerprint density at radius 3 is 2.53 bits per heavy atom. The van der Waals surface area contributed by atoms with Crippen LogP contribution in [0.25, 0.3) is 0 Å². The molecule has 106 valence electrons. The van der Waals surface area contributed by atoms with Gasteiger partial charge in [-0.1, -0.05) is 44.2 Å². The Morgan fingerprint density at radius 1 is 1.26 bits per heavy atom. The molecule has 0 heterocycles. The van der Waals surface area contributed by atoms with Gasteiger partial charge in [0.2, 0.25) is 5.91 Å². The predicted molar refractivity (Wildman–Crippen MR) is 76.8 cm³/mol. The van der Waals surface area contributed by atoms with E-state index in [0.717, 1.165) is 18.5 Å². The van der Waals surface area contributed by atoms with Crippen molar-refractivity contribution in [1.82, 2.24) is 10.6 Å². The fourth-order valence-corrected chi connectivity index (χ4v) is 1.83. The quantitative estimate of drug-likeness (QED) is 0.625. The van der Waals surface area contributed by atoms with E-state index in [0.29, 0.717) is 12.5 Å². The Balaban J connectivity index is 2.33. The number of carbonyl (C=O) groups is 1. The molecule has 1 unspecified atom stereocenters. The van der Waals surface area contributed by atoms with Gasteiger partial charge in [0.25, 0.3) is 0 Å². The molecule has 0 spiro atoms. The summed E-state index contributed by atoms with van der Waals surface area (Å²) in [5, 5.41) is 15.5. The van der Waals surface area contributed by atoms with Crippen LogP contribution in [0.3, 0.4) is 0 Å². The highest BCUT2D eigenvalue weighted by molar-refractivity contribution is 5.76. The molecule has 1 amide bonds. The highest BCUT2D eigenvalue weighted by atomic mass is 16.3. The zero-order valence-electron chi connectivity index (χ0n) is 11.7. The summed E-state index contributed by atoms with van der Waals surface area (Å²) in [6, 6.07) is 9.65. The van der Waals surface area contributed by atoms with Crippen LogP contribution >= 0.6 is 0 Å². The third-order valence-corrected chi connectivity index (χ3v) is 2.85. The maximum Gasteiger partial charge on any atom is 0.220 e. The van der Waals surface area contributed by atoms with Crippen molar-refractivity contribution in [3.63, 3.8) is 0 Å². The number of nitrogens with one attached hydrogen (secondary N) is 2. The Labute approximate surface area is 115 Å². The molecule has 0 aliphatic carbocycles. The van der Waals surface area contributed by atoms with Gasteiger partial charge in [-0.25, -0.2) is 0 Å². The second kappa shape index (κ2) is 8.67. The molecular formula is C15H24N2O2. The molecule has 3 N–H and O–H groups in total. The summed E-state index contributed by atoms with van der Waals surface area (Å²) in [5.41, 5.74) is 0.929. The smallest absolute Gasteiger partial charge is 0.220 e. The molecule has 1 atom stereocenters. The summed E-state index contributed by atoms with van der Waals surface area (Å²) in [5.74, 6) is -0.0199. The van der Waals surface area contributed by atoms with E-state index in [9.17, 15) is 9.90 Å². The van der Waals surface area contributed by atoms with Gasteiger partial charge in [-0.2, -0.15) is 0 Å². The summed E-state index contributed by atoms with van der Waals surface area (Å²) in [7, 11) is 0. The fourth-order valence-electron chi connectivity index (χ4n) is 1.83. The third-order valence-electron chi connectivity index (χ3n) is 2.85. The number of hydrogen-bond donors (Lipinski definition) is 3. The van der Waals surface area contributed by atoms with Crippen molar-refractivity contribution in [3.8, 4) is 0 Å². The first kappa shape index (κ1) is 15.7. The van der Waals surface area contributed by atoms with Gasteiger partial charge in [0.1, 0.15) is 0 Å². The average molecular weight is 264 g/mol. The highest BCUT2D eigenvalue weighted by Gasteiger charge is 2.12. The first-order chi connectivity index (χ1) is 9.13. The minimum absolute atomic E-state index is 0.0199. The molecule has 1 aromatic rings. The molecule has 19 heavy (non-hydrogen) atoms. The number of aliphatic hydroxyl groups is 1. The van der Waals surface area contributed by atoms with E-state index >= 15 is 0 Å². The Morgan fingerprint density at radius 2 is 1.95 bits per heavy atom. The van der Waals surface area contributed by atoms with Crippen LogP contribution in [0.2, 0.25) is 0 Å². The molecule has 0 fully saturated rings. The lowest BCUT2D eigenvalue weighted by molar-refractivity contribution is -0.122. The van der Waals surface area contributed by atoms with Crippen LogP contribution in [-0.2, 0) is 4.79 Å². The molecule has 1 aromatic carbocycles. The topological polar surface area (TPSA) is 61.4 Å². The van der Waals surface area contributed by atoms with Crippen LogP contribution in [0, 0.1) is 0 Å². The van der Waals surface area contributed by atoms with Gasteiger partial charge < -0.3 is 15.7 Å². The first-order valence-electron chi connectivity index (χ1n) is 6.82. The average Bonchev–Trinajstić information content (AvgIpc) is 2.41. The van der Waals surface area contributed by atoms with Crippen molar-refractivity contribution in [1.29, 1.82) is 0 Å². The summed E-state index contributed by atoms with van der Waals surface area (Å²) in [4.78, 5) is 11.8. The lowest BCUT2D eigenvalue weighted by Crippen LogP contribution is -2.31. The predicted octanol–water partition coefficient (Wildman–Crippen LogP) is 1.61. The summed E-state index contributed by atoms with van der Waals surface area (Å²) < 4.78 is 0. The lowest BCUT2D eigenvalue weighted by atomic mass is 10.1. The van der Waals surface area contributed by atoms with Crippen LogP contribution in [0.5, 0.6) is 0 Å². The van der Waals surface area contributed by atoms with E-state index in [4.69, 9.17) is 0 Å². The molecule has 0 aliphatic rings. The molecule has 1 rings (SSSR count). The van der Waals surface area contributed by atoms with Gasteiger partial charge in [0, 0.05) is 12.5 Å². The Hall–Kier alpha value is -1.39. The van der Waals surface area contributed by atoms with Gasteiger partial charge in [-0.05, 0) is 18.5 Å². The number of aliphatic hydroxyl groups excluding tert-OH is 1. The summed E-state index contributed by atoms with van der Waals surface area (Å²) >= 11 is 0. The van der Waals surface area contributed by atoms with Crippen LogP contribution in [0.15, 0.2) is 30.3 Å². The Bertz CT molecular complexity index is 366. The van der Waals surface area contributed by atoms with E-state index in [-0.39, 0.29) is 18.6 Å².